The van der Waals surface area contributed by atoms with E-state index in [1.807, 2.05) is 12.1 Å². The van der Waals surface area contributed by atoms with E-state index in [-0.39, 0.29) is 6.08 Å². The van der Waals surface area contributed by atoms with Crippen LogP contribution in [0, 0.1) is 23.4 Å². The van der Waals surface area contributed by atoms with Crippen LogP contribution in [0.2, 0.25) is 0 Å². The number of hydrogen-bond acceptors (Lipinski definition) is 1. The average Bonchev–Trinajstić information content (AvgIpc) is 3.09. The first kappa shape index (κ1) is 22.9. The van der Waals surface area contributed by atoms with Crippen LogP contribution in [0.1, 0.15) is 29.2 Å². The largest absolute Gasteiger partial charge is 0.429 e. The molecule has 1 aliphatic rings. The topological polar surface area (TPSA) is 9.23 Å². The van der Waals surface area contributed by atoms with E-state index < -0.39 is 46.5 Å². The summed E-state index contributed by atoms with van der Waals surface area (Å²) in [5, 5.41) is 0. The highest BCUT2D eigenvalue weighted by molar-refractivity contribution is 5.66. The molecule has 0 saturated heterocycles. The van der Waals surface area contributed by atoms with E-state index in [1.165, 1.54) is 11.6 Å². The van der Waals surface area contributed by atoms with E-state index in [0.717, 1.165) is 30.5 Å². The van der Waals surface area contributed by atoms with Crippen molar-refractivity contribution in [2.45, 2.75) is 25.9 Å². The zero-order valence-electron chi connectivity index (χ0n) is 17.2. The highest BCUT2D eigenvalue weighted by Gasteiger charge is 2.38. The van der Waals surface area contributed by atoms with Gasteiger partial charge in [0, 0.05) is 18.2 Å². The Bertz CT molecular complexity index is 1220. The van der Waals surface area contributed by atoms with E-state index in [0.29, 0.717) is 29.2 Å². The molecule has 3 aromatic carbocycles. The van der Waals surface area contributed by atoms with Gasteiger partial charge in [0.25, 0.3) is 6.08 Å². The van der Waals surface area contributed by atoms with Gasteiger partial charge in [-0.2, -0.15) is 17.6 Å². The molecular formula is C25H17F7O. The van der Waals surface area contributed by atoms with Gasteiger partial charge in [-0.05, 0) is 53.1 Å². The molecule has 8 heteroatoms. The predicted octanol–water partition coefficient (Wildman–Crippen LogP) is 7.87. The molecule has 33 heavy (non-hydrogen) atoms. The van der Waals surface area contributed by atoms with Crippen molar-refractivity contribution in [1.29, 1.82) is 0 Å². The average molecular weight is 466 g/mol. The van der Waals surface area contributed by atoms with Crippen molar-refractivity contribution < 1.29 is 35.5 Å². The number of fused-ring (bicyclic) bond motifs is 1. The third kappa shape index (κ3) is 4.74. The summed E-state index contributed by atoms with van der Waals surface area (Å²) in [6, 6.07) is 9.36. The Morgan fingerprint density at radius 3 is 2.09 bits per heavy atom. The minimum absolute atomic E-state index is 0.0788. The number of alkyl halides is 2. The molecule has 1 atom stereocenters. The summed E-state index contributed by atoms with van der Waals surface area (Å²) in [6.45, 7) is 2.12. The molecule has 0 fully saturated rings. The molecule has 172 valence electrons. The summed E-state index contributed by atoms with van der Waals surface area (Å²) in [5.74, 6) is -4.82. The number of hydrogen-bond donors (Lipinski definition) is 0. The van der Waals surface area contributed by atoms with Gasteiger partial charge in [-0.15, -0.1) is 0 Å². The van der Waals surface area contributed by atoms with Crippen molar-refractivity contribution in [3.8, 4) is 16.9 Å². The summed E-state index contributed by atoms with van der Waals surface area (Å²) in [6.07, 6.45) is -4.89. The number of halogens is 7. The quantitative estimate of drug-likeness (QED) is 0.348. The van der Waals surface area contributed by atoms with Crippen LogP contribution >= 0.6 is 0 Å². The van der Waals surface area contributed by atoms with Gasteiger partial charge in [0.2, 0.25) is 0 Å². The zero-order chi connectivity index (χ0) is 23.9. The summed E-state index contributed by atoms with van der Waals surface area (Å²) in [5.41, 5.74) is 1.15. The molecule has 1 nitrogen and oxygen atoms in total. The van der Waals surface area contributed by atoms with Gasteiger partial charge in [0.05, 0.1) is 11.1 Å². The lowest BCUT2D eigenvalue weighted by Gasteiger charge is -2.20. The molecule has 0 aliphatic heterocycles. The van der Waals surface area contributed by atoms with E-state index in [1.54, 1.807) is 6.07 Å². The van der Waals surface area contributed by atoms with Gasteiger partial charge in [0.1, 0.15) is 23.2 Å². The number of benzene rings is 3. The third-order valence-corrected chi connectivity index (χ3v) is 5.51. The fourth-order valence-corrected chi connectivity index (χ4v) is 4.02. The first-order chi connectivity index (χ1) is 15.5. The van der Waals surface area contributed by atoms with Crippen LogP contribution in [0.15, 0.2) is 54.6 Å². The minimum atomic E-state index is -4.28. The van der Waals surface area contributed by atoms with Gasteiger partial charge < -0.3 is 4.74 Å². The second-order valence-electron chi connectivity index (χ2n) is 8.04. The second-order valence-corrected chi connectivity index (χ2v) is 8.04. The smallest absolute Gasteiger partial charge is 0.429 e. The normalized spacial score (nSPS) is 15.3. The molecule has 0 amide bonds. The first-order valence-corrected chi connectivity index (χ1v) is 10.0. The van der Waals surface area contributed by atoms with E-state index >= 15 is 0 Å². The molecule has 0 aromatic heterocycles. The minimum Gasteiger partial charge on any atom is -0.429 e. The lowest BCUT2D eigenvalue weighted by atomic mass is 9.99. The van der Waals surface area contributed by atoms with Gasteiger partial charge in [0.15, 0.2) is 0 Å². The molecular weight excluding hydrogens is 449 g/mol. The molecule has 3 aromatic rings. The van der Waals surface area contributed by atoms with Gasteiger partial charge in [-0.3, -0.25) is 0 Å². The molecule has 4 rings (SSSR count). The molecule has 0 radical (unpaired) electrons. The van der Waals surface area contributed by atoms with Crippen LogP contribution in [0.3, 0.4) is 0 Å². The molecule has 0 heterocycles. The Morgan fingerprint density at radius 2 is 1.45 bits per heavy atom. The fraction of sp³-hybridized carbons (Fsp3) is 0.200. The molecule has 1 aliphatic carbocycles. The van der Waals surface area contributed by atoms with Gasteiger partial charge in [-0.25, -0.2) is 13.2 Å². The SMILES string of the molecule is CC1Cc2ccc(-c3ccc(C(F)(F)Oc4cc(F)c(C=C(F)F)c(F)c4)c(F)c3)cc2C1. The standard InChI is InChI=1S/C25H17F7O/c1-13-6-14-2-3-15(8-17(14)7-13)16-4-5-20(23(28)9-16)25(31,32)33-18-10-21(26)19(12-24(29)30)22(27)11-18/h2-5,8-13H,6-7H2,1H3. The maximum absolute atomic E-state index is 14.6. The van der Waals surface area contributed by atoms with Crippen LogP contribution in [-0.4, -0.2) is 0 Å². The Morgan fingerprint density at radius 1 is 0.848 bits per heavy atom. The maximum atomic E-state index is 14.6. The van der Waals surface area contributed by atoms with Crippen LogP contribution < -0.4 is 4.74 Å². The number of rotatable bonds is 5. The zero-order valence-corrected chi connectivity index (χ0v) is 17.2. The van der Waals surface area contributed by atoms with Crippen molar-refractivity contribution in [1.82, 2.24) is 0 Å². The van der Waals surface area contributed by atoms with Crippen molar-refractivity contribution in [3.05, 3.63) is 94.3 Å². The summed E-state index contributed by atoms with van der Waals surface area (Å²) < 4.78 is 100. The monoisotopic (exact) mass is 466 g/mol. The van der Waals surface area contributed by atoms with Crippen molar-refractivity contribution in [3.63, 3.8) is 0 Å². The second kappa shape index (κ2) is 8.57. The Balaban J connectivity index is 1.60. The highest BCUT2D eigenvalue weighted by Crippen LogP contribution is 2.37. The van der Waals surface area contributed by atoms with Crippen molar-refractivity contribution >= 4 is 6.08 Å². The summed E-state index contributed by atoms with van der Waals surface area (Å²) in [4.78, 5) is 0. The van der Waals surface area contributed by atoms with Crippen LogP contribution in [0.4, 0.5) is 30.7 Å². The van der Waals surface area contributed by atoms with E-state index in [4.69, 9.17) is 0 Å². The first-order valence-electron chi connectivity index (χ1n) is 10.0. The number of ether oxygens (including phenoxy) is 1. The van der Waals surface area contributed by atoms with Crippen LogP contribution in [0.5, 0.6) is 5.75 Å². The van der Waals surface area contributed by atoms with Gasteiger partial charge in [-0.1, -0.05) is 31.2 Å². The Hall–Kier alpha value is -3.29. The molecule has 0 saturated carbocycles. The van der Waals surface area contributed by atoms with Crippen LogP contribution in [0.25, 0.3) is 17.2 Å². The highest BCUT2D eigenvalue weighted by atomic mass is 19.3. The molecule has 0 spiro atoms. The Labute approximate surface area is 185 Å². The maximum Gasteiger partial charge on any atom is 0.429 e. The lowest BCUT2D eigenvalue weighted by molar-refractivity contribution is -0.187. The lowest BCUT2D eigenvalue weighted by Crippen LogP contribution is -2.23. The van der Waals surface area contributed by atoms with Gasteiger partial charge >= 0.3 is 6.11 Å². The molecule has 0 bridgehead atoms. The summed E-state index contributed by atoms with van der Waals surface area (Å²) in [7, 11) is 0. The predicted molar refractivity (Wildman–Crippen MR) is 109 cm³/mol. The van der Waals surface area contributed by atoms with E-state index in [2.05, 4.69) is 11.7 Å². The molecule has 0 N–H and O–H groups in total. The fourth-order valence-electron chi connectivity index (χ4n) is 4.02. The van der Waals surface area contributed by atoms with Crippen molar-refractivity contribution in [2.24, 2.45) is 5.92 Å². The van der Waals surface area contributed by atoms with E-state index in [9.17, 15) is 30.7 Å². The third-order valence-electron chi connectivity index (χ3n) is 5.51. The molecule has 1 unspecified atom stereocenters. The van der Waals surface area contributed by atoms with Crippen molar-refractivity contribution in [2.75, 3.05) is 0 Å². The Kier molecular flexibility index (Phi) is 5.95. The summed E-state index contributed by atoms with van der Waals surface area (Å²) >= 11 is 0. The van der Waals surface area contributed by atoms with Crippen LogP contribution in [-0.2, 0) is 19.0 Å².